The SMILES string of the molecule is CC1CCC(C(N)=O)CN1C(=O)c1cc(F)cnc1Cl. The molecule has 0 aromatic carbocycles. The quantitative estimate of drug-likeness (QED) is 0.843. The molecule has 1 aromatic heterocycles. The number of amides is 2. The zero-order valence-electron chi connectivity index (χ0n) is 11.0. The van der Waals surface area contributed by atoms with Crippen molar-refractivity contribution in [1.82, 2.24) is 9.88 Å². The molecule has 2 amide bonds. The number of hydrogen-bond acceptors (Lipinski definition) is 3. The van der Waals surface area contributed by atoms with E-state index in [2.05, 4.69) is 4.98 Å². The second kappa shape index (κ2) is 5.75. The number of carbonyl (C=O) groups excluding carboxylic acids is 2. The van der Waals surface area contributed by atoms with E-state index < -0.39 is 17.6 Å². The summed E-state index contributed by atoms with van der Waals surface area (Å²) >= 11 is 5.84. The van der Waals surface area contributed by atoms with E-state index in [0.29, 0.717) is 12.8 Å². The van der Waals surface area contributed by atoms with E-state index in [0.717, 1.165) is 12.3 Å². The highest BCUT2D eigenvalue weighted by molar-refractivity contribution is 6.32. The lowest BCUT2D eigenvalue weighted by Crippen LogP contribution is -2.48. The number of aromatic nitrogens is 1. The molecule has 108 valence electrons. The number of nitrogens with two attached hydrogens (primary N) is 1. The smallest absolute Gasteiger partial charge is 0.257 e. The monoisotopic (exact) mass is 299 g/mol. The fraction of sp³-hybridized carbons (Fsp3) is 0.462. The van der Waals surface area contributed by atoms with E-state index in [-0.39, 0.29) is 29.2 Å². The van der Waals surface area contributed by atoms with Crippen molar-refractivity contribution in [3.05, 3.63) is 28.8 Å². The molecule has 1 fully saturated rings. The van der Waals surface area contributed by atoms with Crippen LogP contribution in [0.3, 0.4) is 0 Å². The van der Waals surface area contributed by atoms with Crippen LogP contribution in [-0.4, -0.2) is 34.3 Å². The molecule has 7 heteroatoms. The van der Waals surface area contributed by atoms with Crippen molar-refractivity contribution in [2.24, 2.45) is 11.7 Å². The van der Waals surface area contributed by atoms with Crippen LogP contribution in [0.25, 0.3) is 0 Å². The molecule has 0 bridgehead atoms. The largest absolute Gasteiger partial charge is 0.369 e. The van der Waals surface area contributed by atoms with E-state index in [1.54, 1.807) is 0 Å². The van der Waals surface area contributed by atoms with Crippen LogP contribution >= 0.6 is 11.6 Å². The van der Waals surface area contributed by atoms with E-state index >= 15 is 0 Å². The topological polar surface area (TPSA) is 76.3 Å². The molecule has 1 saturated heterocycles. The van der Waals surface area contributed by atoms with Gasteiger partial charge in [-0.15, -0.1) is 0 Å². The van der Waals surface area contributed by atoms with Gasteiger partial charge in [-0.1, -0.05) is 11.6 Å². The molecule has 2 N–H and O–H groups in total. The van der Waals surface area contributed by atoms with Crippen LogP contribution in [0.1, 0.15) is 30.1 Å². The summed E-state index contributed by atoms with van der Waals surface area (Å²) in [5, 5.41) is -0.0511. The average Bonchev–Trinajstić information content (AvgIpc) is 2.41. The van der Waals surface area contributed by atoms with Gasteiger partial charge in [0.15, 0.2) is 0 Å². The second-order valence-corrected chi connectivity index (χ2v) is 5.33. The number of rotatable bonds is 2. The number of hydrogen-bond donors (Lipinski definition) is 1. The maximum Gasteiger partial charge on any atom is 0.257 e. The maximum atomic E-state index is 13.2. The van der Waals surface area contributed by atoms with Crippen LogP contribution in [0.2, 0.25) is 5.15 Å². The van der Waals surface area contributed by atoms with Crippen LogP contribution < -0.4 is 5.73 Å². The Balaban J connectivity index is 2.26. The van der Waals surface area contributed by atoms with E-state index in [4.69, 9.17) is 17.3 Å². The van der Waals surface area contributed by atoms with Crippen molar-refractivity contribution < 1.29 is 14.0 Å². The van der Waals surface area contributed by atoms with Crippen molar-refractivity contribution in [3.63, 3.8) is 0 Å². The van der Waals surface area contributed by atoms with Crippen LogP contribution in [0.15, 0.2) is 12.3 Å². The fourth-order valence-electron chi connectivity index (χ4n) is 2.35. The molecule has 0 radical (unpaired) electrons. The van der Waals surface area contributed by atoms with Crippen molar-refractivity contribution in [2.45, 2.75) is 25.8 Å². The third-order valence-electron chi connectivity index (χ3n) is 3.58. The van der Waals surface area contributed by atoms with Crippen molar-refractivity contribution in [1.29, 1.82) is 0 Å². The Labute approximate surface area is 120 Å². The minimum atomic E-state index is -0.631. The Hall–Kier alpha value is -1.69. The highest BCUT2D eigenvalue weighted by Gasteiger charge is 2.33. The Morgan fingerprint density at radius 2 is 2.20 bits per heavy atom. The van der Waals surface area contributed by atoms with Crippen LogP contribution in [-0.2, 0) is 4.79 Å². The Morgan fingerprint density at radius 3 is 2.85 bits per heavy atom. The lowest BCUT2D eigenvalue weighted by Gasteiger charge is -2.37. The first-order chi connectivity index (χ1) is 9.40. The van der Waals surface area contributed by atoms with Gasteiger partial charge in [-0.05, 0) is 25.8 Å². The number of piperidine rings is 1. The van der Waals surface area contributed by atoms with Crippen LogP contribution in [0.4, 0.5) is 4.39 Å². The number of nitrogens with zero attached hydrogens (tertiary/aromatic N) is 2. The molecule has 0 saturated carbocycles. The van der Waals surface area contributed by atoms with Gasteiger partial charge < -0.3 is 10.6 Å². The standard InChI is InChI=1S/C13H15ClFN3O2/c1-7-2-3-8(12(16)19)6-18(7)13(20)10-4-9(15)5-17-11(10)14/h4-5,7-8H,2-3,6H2,1H3,(H2,16,19). The lowest BCUT2D eigenvalue weighted by molar-refractivity contribution is -0.123. The van der Waals surface area contributed by atoms with Crippen molar-refractivity contribution >= 4 is 23.4 Å². The number of halogens is 2. The van der Waals surface area contributed by atoms with Gasteiger partial charge in [-0.25, -0.2) is 9.37 Å². The van der Waals surface area contributed by atoms with E-state index in [1.807, 2.05) is 6.92 Å². The van der Waals surface area contributed by atoms with Gasteiger partial charge in [0.05, 0.1) is 17.7 Å². The first-order valence-corrected chi connectivity index (χ1v) is 6.69. The summed E-state index contributed by atoms with van der Waals surface area (Å²) < 4.78 is 13.2. The molecule has 2 rings (SSSR count). The van der Waals surface area contributed by atoms with Crippen LogP contribution in [0.5, 0.6) is 0 Å². The second-order valence-electron chi connectivity index (χ2n) is 4.98. The van der Waals surface area contributed by atoms with Gasteiger partial charge in [0.2, 0.25) is 5.91 Å². The highest BCUT2D eigenvalue weighted by atomic mass is 35.5. The molecule has 2 unspecified atom stereocenters. The number of likely N-dealkylation sites (tertiary alicyclic amines) is 1. The predicted octanol–water partition coefficient (Wildman–Crippen LogP) is 1.60. The minimum absolute atomic E-state index is 0.00337. The Kier molecular flexibility index (Phi) is 4.23. The molecule has 2 heterocycles. The average molecular weight is 300 g/mol. The van der Waals surface area contributed by atoms with Gasteiger partial charge in [0.25, 0.3) is 5.91 Å². The third-order valence-corrected chi connectivity index (χ3v) is 3.88. The van der Waals surface area contributed by atoms with Crippen LogP contribution in [0, 0.1) is 11.7 Å². The maximum absolute atomic E-state index is 13.2. The van der Waals surface area contributed by atoms with Gasteiger partial charge >= 0.3 is 0 Å². The molecule has 1 aromatic rings. The molecule has 0 aliphatic carbocycles. The summed E-state index contributed by atoms with van der Waals surface area (Å²) in [5.41, 5.74) is 5.30. The molecule has 1 aliphatic heterocycles. The summed E-state index contributed by atoms with van der Waals surface area (Å²) in [4.78, 5) is 28.8. The third kappa shape index (κ3) is 2.90. The molecule has 20 heavy (non-hydrogen) atoms. The van der Waals surface area contributed by atoms with E-state index in [1.165, 1.54) is 4.90 Å². The van der Waals surface area contributed by atoms with Gasteiger partial charge in [0, 0.05) is 12.6 Å². The minimum Gasteiger partial charge on any atom is -0.369 e. The fourth-order valence-corrected chi connectivity index (χ4v) is 2.53. The highest BCUT2D eigenvalue weighted by Crippen LogP contribution is 2.25. The lowest BCUT2D eigenvalue weighted by atomic mass is 9.92. The zero-order chi connectivity index (χ0) is 14.9. The molecular formula is C13H15ClFN3O2. The van der Waals surface area contributed by atoms with Gasteiger partial charge in [0.1, 0.15) is 11.0 Å². The van der Waals surface area contributed by atoms with Crippen molar-refractivity contribution in [2.75, 3.05) is 6.54 Å². The summed E-state index contributed by atoms with van der Waals surface area (Å²) in [7, 11) is 0. The van der Waals surface area contributed by atoms with E-state index in [9.17, 15) is 14.0 Å². The van der Waals surface area contributed by atoms with Crippen molar-refractivity contribution in [3.8, 4) is 0 Å². The van der Waals surface area contributed by atoms with Gasteiger partial charge in [-0.3, -0.25) is 9.59 Å². The first kappa shape index (κ1) is 14.7. The molecule has 5 nitrogen and oxygen atoms in total. The number of primary amides is 1. The zero-order valence-corrected chi connectivity index (χ0v) is 11.7. The summed E-state index contributed by atoms with van der Waals surface area (Å²) in [6, 6.07) is 0.996. The normalized spacial score (nSPS) is 22.6. The molecule has 1 aliphatic rings. The first-order valence-electron chi connectivity index (χ1n) is 6.31. The number of pyridine rings is 1. The molecule has 0 spiro atoms. The Bertz CT molecular complexity index is 552. The number of carbonyl (C=O) groups is 2. The Morgan fingerprint density at radius 1 is 1.50 bits per heavy atom. The molecular weight excluding hydrogens is 285 g/mol. The molecule has 2 atom stereocenters. The van der Waals surface area contributed by atoms with Gasteiger partial charge in [-0.2, -0.15) is 0 Å². The summed E-state index contributed by atoms with van der Waals surface area (Å²) in [5.74, 6) is -1.87. The summed E-state index contributed by atoms with van der Waals surface area (Å²) in [6.07, 6.45) is 2.26. The summed E-state index contributed by atoms with van der Waals surface area (Å²) in [6.45, 7) is 2.10. The predicted molar refractivity (Wildman–Crippen MR) is 71.6 cm³/mol.